The quantitative estimate of drug-likeness (QED) is 0.179. The van der Waals surface area contributed by atoms with Crippen LogP contribution in [0.25, 0.3) is 17.1 Å². The molecule has 9 heteroatoms. The molecule has 4 aromatic carbocycles. The Bertz CT molecular complexity index is 1740. The van der Waals surface area contributed by atoms with Crippen molar-refractivity contribution in [3.8, 4) is 22.8 Å². The van der Waals surface area contributed by atoms with Crippen LogP contribution in [0.4, 0.5) is 0 Å². The fourth-order valence-corrected chi connectivity index (χ4v) is 6.74. The van der Waals surface area contributed by atoms with Crippen molar-refractivity contribution in [3.63, 3.8) is 0 Å². The van der Waals surface area contributed by atoms with E-state index in [9.17, 15) is 9.59 Å². The molecule has 1 aromatic heterocycles. The molecule has 0 radical (unpaired) electrons. The van der Waals surface area contributed by atoms with Crippen LogP contribution in [0.5, 0.6) is 5.75 Å². The van der Waals surface area contributed by atoms with Gasteiger partial charge in [-0.25, -0.2) is 0 Å². The minimum Gasteiger partial charge on any atom is -0.497 e. The van der Waals surface area contributed by atoms with Crippen LogP contribution in [0, 0.1) is 6.92 Å². The van der Waals surface area contributed by atoms with Crippen LogP contribution in [0.15, 0.2) is 114 Å². The fourth-order valence-electron chi connectivity index (χ4n) is 5.88. The lowest BCUT2D eigenvalue weighted by Gasteiger charge is -2.41. The van der Waals surface area contributed by atoms with Crippen molar-refractivity contribution in [1.82, 2.24) is 24.6 Å². The van der Waals surface area contributed by atoms with E-state index in [-0.39, 0.29) is 23.6 Å². The molecule has 8 nitrogen and oxygen atoms in total. The molecule has 0 spiro atoms. The Labute approximate surface area is 274 Å². The van der Waals surface area contributed by atoms with Gasteiger partial charge < -0.3 is 14.5 Å². The maximum absolute atomic E-state index is 14.0. The number of hydrogen-bond acceptors (Lipinski definition) is 6. The van der Waals surface area contributed by atoms with Crippen molar-refractivity contribution in [3.05, 3.63) is 126 Å². The van der Waals surface area contributed by atoms with Gasteiger partial charge >= 0.3 is 0 Å². The number of nitrogens with zero attached hydrogens (tertiary/aromatic N) is 5. The molecule has 0 saturated carbocycles. The molecular formula is C37H37N5O3S. The Kier molecular flexibility index (Phi) is 9.49. The van der Waals surface area contributed by atoms with Gasteiger partial charge in [-0.05, 0) is 49.2 Å². The van der Waals surface area contributed by atoms with Crippen LogP contribution in [0.2, 0.25) is 0 Å². The van der Waals surface area contributed by atoms with E-state index in [2.05, 4.69) is 10.2 Å². The number of benzene rings is 4. The van der Waals surface area contributed by atoms with E-state index >= 15 is 0 Å². The second-order valence-electron chi connectivity index (χ2n) is 11.5. The van der Waals surface area contributed by atoms with Crippen LogP contribution in [-0.4, -0.2) is 74.9 Å². The first-order chi connectivity index (χ1) is 22.4. The summed E-state index contributed by atoms with van der Waals surface area (Å²) in [6, 6.07) is 35.6. The first-order valence-electron chi connectivity index (χ1n) is 15.4. The topological polar surface area (TPSA) is 80.6 Å². The Morgan fingerprint density at radius 2 is 1.48 bits per heavy atom. The maximum Gasteiger partial charge on any atom is 0.234 e. The summed E-state index contributed by atoms with van der Waals surface area (Å²) in [4.78, 5) is 31.4. The van der Waals surface area contributed by atoms with E-state index in [0.717, 1.165) is 33.7 Å². The second-order valence-corrected chi connectivity index (χ2v) is 12.4. The van der Waals surface area contributed by atoms with Gasteiger partial charge in [0.2, 0.25) is 11.8 Å². The molecule has 2 amide bonds. The van der Waals surface area contributed by atoms with Gasteiger partial charge in [-0.1, -0.05) is 102 Å². The Balaban J connectivity index is 1.16. The number of piperazine rings is 1. The highest BCUT2D eigenvalue weighted by atomic mass is 32.2. The van der Waals surface area contributed by atoms with Gasteiger partial charge in [-0.3, -0.25) is 14.2 Å². The molecule has 1 unspecified atom stereocenters. The van der Waals surface area contributed by atoms with E-state index in [1.165, 1.54) is 11.8 Å². The summed E-state index contributed by atoms with van der Waals surface area (Å²) in [5, 5.41) is 9.65. The molecule has 234 valence electrons. The summed E-state index contributed by atoms with van der Waals surface area (Å²) >= 11 is 1.37. The third kappa shape index (κ3) is 6.70. The van der Waals surface area contributed by atoms with Gasteiger partial charge in [0.1, 0.15) is 5.75 Å². The van der Waals surface area contributed by atoms with Crippen LogP contribution in [-0.2, 0) is 9.59 Å². The number of amides is 2. The van der Waals surface area contributed by atoms with Crippen LogP contribution in [0.1, 0.15) is 29.5 Å². The van der Waals surface area contributed by atoms with Crippen LogP contribution < -0.4 is 4.74 Å². The van der Waals surface area contributed by atoms with Crippen molar-refractivity contribution in [2.24, 2.45) is 0 Å². The lowest BCUT2D eigenvalue weighted by atomic mass is 9.89. The normalized spacial score (nSPS) is 14.8. The highest BCUT2D eigenvalue weighted by Gasteiger charge is 2.35. The molecule has 1 fully saturated rings. The van der Waals surface area contributed by atoms with Gasteiger partial charge in [0, 0.05) is 36.9 Å². The summed E-state index contributed by atoms with van der Waals surface area (Å²) in [7, 11) is 1.64. The molecule has 0 bridgehead atoms. The van der Waals surface area contributed by atoms with E-state index < -0.39 is 5.92 Å². The lowest BCUT2D eigenvalue weighted by molar-refractivity contribution is -0.141. The summed E-state index contributed by atoms with van der Waals surface area (Å²) in [5.41, 5.74) is 4.90. The summed E-state index contributed by atoms with van der Waals surface area (Å²) in [6.45, 7) is 5.50. The van der Waals surface area contributed by atoms with Crippen LogP contribution >= 0.6 is 11.8 Å². The average molecular weight is 632 g/mol. The third-order valence-electron chi connectivity index (χ3n) is 8.37. The number of ether oxygens (including phenoxy) is 1. The Morgan fingerprint density at radius 1 is 0.848 bits per heavy atom. The third-order valence-corrected chi connectivity index (χ3v) is 9.29. The van der Waals surface area contributed by atoms with Gasteiger partial charge in [0.05, 0.1) is 18.8 Å². The van der Waals surface area contributed by atoms with Crippen molar-refractivity contribution in [2.45, 2.75) is 31.0 Å². The molecule has 0 aliphatic carbocycles. The Morgan fingerprint density at radius 3 is 2.07 bits per heavy atom. The Hall–Kier alpha value is -4.89. The summed E-state index contributed by atoms with van der Waals surface area (Å²) in [5.74, 6) is 1.33. The zero-order chi connectivity index (χ0) is 32.0. The molecule has 2 heterocycles. The van der Waals surface area contributed by atoms with Gasteiger partial charge in [-0.15, -0.1) is 10.2 Å². The van der Waals surface area contributed by atoms with Gasteiger partial charge in [0.25, 0.3) is 0 Å². The van der Waals surface area contributed by atoms with Crippen LogP contribution in [0.3, 0.4) is 0 Å². The smallest absolute Gasteiger partial charge is 0.234 e. The first kappa shape index (κ1) is 31.1. The monoisotopic (exact) mass is 631 g/mol. The molecule has 1 aliphatic rings. The van der Waals surface area contributed by atoms with Crippen molar-refractivity contribution in [1.29, 1.82) is 0 Å². The number of aryl methyl sites for hydroxylation is 1. The van der Waals surface area contributed by atoms with Gasteiger partial charge in [-0.2, -0.15) is 0 Å². The predicted molar refractivity (Wildman–Crippen MR) is 181 cm³/mol. The van der Waals surface area contributed by atoms with Crippen molar-refractivity contribution >= 4 is 23.6 Å². The molecule has 1 aliphatic heterocycles. The highest BCUT2D eigenvalue weighted by molar-refractivity contribution is 7.99. The molecule has 5 aromatic rings. The number of hydrogen-bond donors (Lipinski definition) is 0. The average Bonchev–Trinajstić information content (AvgIpc) is 3.52. The minimum atomic E-state index is -0.394. The number of thioether (sulfide) groups is 1. The number of carbonyl (C=O) groups is 2. The first-order valence-corrected chi connectivity index (χ1v) is 16.4. The largest absolute Gasteiger partial charge is 0.497 e. The lowest BCUT2D eigenvalue weighted by Crippen LogP contribution is -2.56. The van der Waals surface area contributed by atoms with Crippen molar-refractivity contribution in [2.75, 3.05) is 32.5 Å². The summed E-state index contributed by atoms with van der Waals surface area (Å²) < 4.78 is 7.34. The van der Waals surface area contributed by atoms with E-state index in [1.807, 2.05) is 137 Å². The molecule has 46 heavy (non-hydrogen) atoms. The van der Waals surface area contributed by atoms with Crippen molar-refractivity contribution < 1.29 is 14.3 Å². The molecule has 6 rings (SSSR count). The number of aromatic nitrogens is 3. The maximum atomic E-state index is 14.0. The molecule has 1 saturated heterocycles. The SMILES string of the molecule is COc1ccc(-n2c(SCC(=O)N3CCN(C(=O)C(c4ccccc4)c4ccccc4)C(C)C3)nnc2-c2ccc(C)cc2)cc1. The number of methoxy groups -OCH3 is 1. The molecular weight excluding hydrogens is 595 g/mol. The number of carbonyl (C=O) groups excluding carboxylic acids is 2. The second kappa shape index (κ2) is 14.0. The zero-order valence-corrected chi connectivity index (χ0v) is 27.1. The predicted octanol–water partition coefficient (Wildman–Crippen LogP) is 6.23. The van der Waals surface area contributed by atoms with E-state index in [4.69, 9.17) is 4.74 Å². The van der Waals surface area contributed by atoms with Gasteiger partial charge in [0.15, 0.2) is 11.0 Å². The number of rotatable bonds is 9. The molecule has 0 N–H and O–H groups in total. The van der Waals surface area contributed by atoms with E-state index in [1.54, 1.807) is 7.11 Å². The molecule has 1 atom stereocenters. The summed E-state index contributed by atoms with van der Waals surface area (Å²) in [6.07, 6.45) is 0. The minimum absolute atomic E-state index is 0.00721. The van der Waals surface area contributed by atoms with E-state index in [0.29, 0.717) is 30.6 Å². The zero-order valence-electron chi connectivity index (χ0n) is 26.2. The highest BCUT2D eigenvalue weighted by Crippen LogP contribution is 2.31. The fraction of sp³-hybridized carbons (Fsp3) is 0.243. The standard InChI is InChI=1S/C37H37N5O3S/c1-26-14-16-30(17-15-26)35-38-39-37(42(35)31-18-20-32(45-3)21-19-31)46-25-33(43)40-22-23-41(27(2)24-40)36(44)34(28-10-6-4-7-11-28)29-12-8-5-9-13-29/h4-21,27,34H,22-25H2,1-3H3.